The van der Waals surface area contributed by atoms with Crippen LogP contribution in [-0.2, 0) is 6.42 Å². The molecule has 0 bridgehead atoms. The summed E-state index contributed by atoms with van der Waals surface area (Å²) in [5, 5.41) is 0. The highest BCUT2D eigenvalue weighted by Gasteiger charge is 2.21. The van der Waals surface area contributed by atoms with Crippen molar-refractivity contribution in [3.05, 3.63) is 119 Å². The molecule has 3 heterocycles. The molecule has 0 saturated heterocycles. The van der Waals surface area contributed by atoms with E-state index in [2.05, 4.69) is 77.9 Å². The van der Waals surface area contributed by atoms with Gasteiger partial charge in [0.05, 0.1) is 32.2 Å². The number of halogens is 2. The van der Waals surface area contributed by atoms with Crippen LogP contribution in [0.25, 0.3) is 27.8 Å². The van der Waals surface area contributed by atoms with E-state index in [4.69, 9.17) is 5.73 Å². The molecule has 0 aliphatic carbocycles. The zero-order valence-electron chi connectivity index (χ0n) is 18.1. The fourth-order valence-corrected chi connectivity index (χ4v) is 4.21. The Balaban J connectivity index is 0.000000115. The van der Waals surface area contributed by atoms with Gasteiger partial charge >= 0.3 is 0 Å². The number of nitrogens with two attached hydrogens (primary N) is 1. The molecule has 0 saturated carbocycles. The summed E-state index contributed by atoms with van der Waals surface area (Å²) in [6, 6.07) is 31.1. The molecule has 168 valence electrons. The molecule has 1 aliphatic rings. The number of nitrogens with zero attached hydrogens (tertiary/aromatic N) is 3. The van der Waals surface area contributed by atoms with E-state index in [0.29, 0.717) is 10.4 Å². The van der Waals surface area contributed by atoms with Gasteiger partial charge in [0.2, 0.25) is 0 Å². The second-order valence-corrected chi connectivity index (χ2v) is 8.57. The summed E-state index contributed by atoms with van der Waals surface area (Å²) in [5.74, 6) is 1.41. The first-order valence-electron chi connectivity index (χ1n) is 10.7. The number of aromatic amines is 1. The fraction of sp³-hybridized carbons (Fsp3) is 0.0370. The number of fused-ring (bicyclic) bond motifs is 6. The Morgan fingerprint density at radius 3 is 2.24 bits per heavy atom. The van der Waals surface area contributed by atoms with E-state index in [1.807, 2.05) is 30.3 Å². The lowest BCUT2D eigenvalue weighted by Crippen LogP contribution is -1.90. The van der Waals surface area contributed by atoms with Crippen molar-refractivity contribution in [3.8, 4) is 5.69 Å². The Labute approximate surface area is 204 Å². The van der Waals surface area contributed by atoms with Crippen LogP contribution in [0.15, 0.2) is 102 Å². The first-order chi connectivity index (χ1) is 16.6. The van der Waals surface area contributed by atoms with Crippen molar-refractivity contribution in [1.29, 1.82) is 0 Å². The first kappa shape index (κ1) is 21.9. The van der Waals surface area contributed by atoms with E-state index in [1.165, 1.54) is 22.8 Å². The summed E-state index contributed by atoms with van der Waals surface area (Å²) < 4.78 is 15.1. The van der Waals surface area contributed by atoms with E-state index in [0.717, 1.165) is 28.8 Å². The molecule has 0 amide bonds. The minimum atomic E-state index is -0.215. The number of para-hydroxylation sites is 5. The molecule has 6 aromatic rings. The Morgan fingerprint density at radius 2 is 1.47 bits per heavy atom. The Hall–Kier alpha value is -3.97. The van der Waals surface area contributed by atoms with Gasteiger partial charge in [0.25, 0.3) is 0 Å². The van der Waals surface area contributed by atoms with Gasteiger partial charge in [-0.1, -0.05) is 54.6 Å². The average molecular weight is 514 g/mol. The summed E-state index contributed by atoms with van der Waals surface area (Å²) in [6.45, 7) is 0. The molecule has 34 heavy (non-hydrogen) atoms. The summed E-state index contributed by atoms with van der Waals surface area (Å²) in [5.41, 5.74) is 12.3. The number of nitrogens with one attached hydrogen (secondary N) is 1. The number of imidazole rings is 2. The largest absolute Gasteiger partial charge is 0.369 e. The van der Waals surface area contributed by atoms with Crippen LogP contribution < -0.4 is 5.73 Å². The number of rotatable bonds is 0. The number of benzene rings is 4. The highest BCUT2D eigenvalue weighted by atomic mass is 79.9. The third-order valence-electron chi connectivity index (χ3n) is 5.44. The number of hydrogen-bond acceptors (Lipinski definition) is 3. The molecule has 5 nitrogen and oxygen atoms in total. The van der Waals surface area contributed by atoms with Crippen LogP contribution in [0.2, 0.25) is 0 Å². The quantitative estimate of drug-likeness (QED) is 0.238. The topological polar surface area (TPSA) is 72.5 Å². The summed E-state index contributed by atoms with van der Waals surface area (Å²) in [4.78, 5) is 11.6. The first-order valence-corrected chi connectivity index (χ1v) is 11.5. The molecule has 3 N–H and O–H groups in total. The van der Waals surface area contributed by atoms with Crippen molar-refractivity contribution >= 4 is 43.9 Å². The van der Waals surface area contributed by atoms with E-state index in [1.54, 1.807) is 18.2 Å². The van der Waals surface area contributed by atoms with Crippen molar-refractivity contribution in [1.82, 2.24) is 19.5 Å². The molecule has 0 atom stereocenters. The lowest BCUT2D eigenvalue weighted by Gasteiger charge is -2.02. The highest BCUT2D eigenvalue weighted by molar-refractivity contribution is 9.10. The minimum Gasteiger partial charge on any atom is -0.369 e. The van der Waals surface area contributed by atoms with Crippen molar-refractivity contribution in [3.63, 3.8) is 0 Å². The number of anilines is 1. The van der Waals surface area contributed by atoms with Crippen LogP contribution in [0.3, 0.4) is 0 Å². The third-order valence-corrected chi connectivity index (χ3v) is 6.09. The van der Waals surface area contributed by atoms with Gasteiger partial charge in [-0.2, -0.15) is 0 Å². The highest BCUT2D eigenvalue weighted by Crippen LogP contribution is 2.31. The third kappa shape index (κ3) is 4.43. The van der Waals surface area contributed by atoms with Gasteiger partial charge in [-0.15, -0.1) is 0 Å². The molecule has 1 aliphatic heterocycles. The van der Waals surface area contributed by atoms with Crippen LogP contribution in [0.4, 0.5) is 10.3 Å². The van der Waals surface area contributed by atoms with Crippen LogP contribution in [0.5, 0.6) is 0 Å². The molecule has 4 aromatic carbocycles. The molecular formula is C27H21BrFN5. The van der Waals surface area contributed by atoms with Crippen molar-refractivity contribution < 1.29 is 4.39 Å². The average Bonchev–Trinajstić information content (AvgIpc) is 3.52. The number of hydrogen-bond donors (Lipinski definition) is 2. The fourth-order valence-electron chi connectivity index (χ4n) is 3.92. The van der Waals surface area contributed by atoms with Gasteiger partial charge in [-0.05, 0) is 64.0 Å². The summed E-state index contributed by atoms with van der Waals surface area (Å²) in [6.07, 6.45) is 0.949. The summed E-state index contributed by atoms with van der Waals surface area (Å²) in [7, 11) is 0. The van der Waals surface area contributed by atoms with Gasteiger partial charge in [0.1, 0.15) is 11.6 Å². The van der Waals surface area contributed by atoms with Crippen LogP contribution in [0, 0.1) is 5.82 Å². The lowest BCUT2D eigenvalue weighted by molar-refractivity contribution is 0.621. The standard InChI is InChI=1S/C14H10N2.C7H7N3.C6H4BrF/c1-3-7-12-10(5-1)9-14-15-11-6-2-4-8-13(11)16(12)14;8-7-9-5-3-1-2-4-6(5)10-7;7-5-3-1-2-4-6(5)8/h1-8H,9H2;1-4H,(H3,8,9,10);1-4H. The van der Waals surface area contributed by atoms with Crippen molar-refractivity contribution in [2.24, 2.45) is 0 Å². The van der Waals surface area contributed by atoms with Crippen molar-refractivity contribution in [2.45, 2.75) is 6.42 Å². The SMILES string of the molecule is Fc1ccccc1Br.Nc1nc2ccccc2[nH]1.c1ccc2c(c1)Cc1nc3ccccc3n1-2. The Morgan fingerprint density at radius 1 is 0.794 bits per heavy atom. The predicted molar refractivity (Wildman–Crippen MR) is 138 cm³/mol. The molecular weight excluding hydrogens is 493 g/mol. The maximum absolute atomic E-state index is 12.3. The molecule has 7 heteroatoms. The molecule has 2 aromatic heterocycles. The number of aromatic nitrogens is 4. The smallest absolute Gasteiger partial charge is 0.198 e. The van der Waals surface area contributed by atoms with E-state index < -0.39 is 0 Å². The molecule has 0 fully saturated rings. The Kier molecular flexibility index (Phi) is 6.10. The van der Waals surface area contributed by atoms with Crippen LogP contribution in [-0.4, -0.2) is 19.5 Å². The zero-order valence-corrected chi connectivity index (χ0v) is 19.7. The van der Waals surface area contributed by atoms with Crippen LogP contribution in [0.1, 0.15) is 11.4 Å². The monoisotopic (exact) mass is 513 g/mol. The van der Waals surface area contributed by atoms with Gasteiger partial charge in [-0.25, -0.2) is 14.4 Å². The van der Waals surface area contributed by atoms with E-state index in [9.17, 15) is 4.39 Å². The number of H-pyrrole nitrogens is 1. The summed E-state index contributed by atoms with van der Waals surface area (Å²) >= 11 is 3.02. The normalized spacial score (nSPS) is 11.2. The van der Waals surface area contributed by atoms with E-state index in [-0.39, 0.29) is 5.82 Å². The number of nitrogen functional groups attached to an aromatic ring is 1. The molecule has 0 radical (unpaired) electrons. The second-order valence-electron chi connectivity index (χ2n) is 7.71. The molecule has 7 rings (SSSR count). The van der Waals surface area contributed by atoms with Gasteiger partial charge in [0, 0.05) is 6.42 Å². The van der Waals surface area contributed by atoms with Crippen LogP contribution >= 0.6 is 15.9 Å². The van der Waals surface area contributed by atoms with E-state index >= 15 is 0 Å². The van der Waals surface area contributed by atoms with Crippen molar-refractivity contribution in [2.75, 3.05) is 5.73 Å². The zero-order chi connectivity index (χ0) is 23.5. The van der Waals surface area contributed by atoms with Gasteiger partial charge in [-0.3, -0.25) is 4.57 Å². The Bertz CT molecular complexity index is 1530. The minimum absolute atomic E-state index is 0.215. The molecule has 0 spiro atoms. The molecule has 0 unspecified atom stereocenters. The maximum Gasteiger partial charge on any atom is 0.198 e. The van der Waals surface area contributed by atoms with Gasteiger partial charge in [0.15, 0.2) is 5.95 Å². The maximum atomic E-state index is 12.3. The van der Waals surface area contributed by atoms with Gasteiger partial charge < -0.3 is 10.7 Å². The predicted octanol–water partition coefficient (Wildman–Crippen LogP) is 6.66. The lowest BCUT2D eigenvalue weighted by atomic mass is 10.1. The second kappa shape index (κ2) is 9.49.